The summed E-state index contributed by atoms with van der Waals surface area (Å²) in [5.74, 6) is -1.24. The van der Waals surface area contributed by atoms with E-state index in [1.807, 2.05) is 19.9 Å². The van der Waals surface area contributed by atoms with Crippen molar-refractivity contribution < 1.29 is 17.9 Å². The molecule has 0 saturated heterocycles. The summed E-state index contributed by atoms with van der Waals surface area (Å²) in [6.07, 6.45) is 2.93. The van der Waals surface area contributed by atoms with Crippen molar-refractivity contribution in [2.24, 2.45) is 0 Å². The van der Waals surface area contributed by atoms with Gasteiger partial charge in [-0.1, -0.05) is 56.7 Å². The van der Waals surface area contributed by atoms with E-state index >= 15 is 0 Å². The molecule has 0 aliphatic heterocycles. The van der Waals surface area contributed by atoms with Gasteiger partial charge in [0.2, 0.25) is 0 Å². The number of halogens is 3. The number of benzene rings is 3. The lowest BCUT2D eigenvalue weighted by Gasteiger charge is -2.11. The zero-order chi connectivity index (χ0) is 20.8. The van der Waals surface area contributed by atoms with Crippen molar-refractivity contribution in [3.8, 4) is 16.9 Å². The number of rotatable bonds is 8. The molecule has 0 amide bonds. The third-order valence-corrected chi connectivity index (χ3v) is 5.03. The van der Waals surface area contributed by atoms with Crippen LogP contribution in [0.25, 0.3) is 11.1 Å². The Kier molecular flexibility index (Phi) is 6.97. The van der Waals surface area contributed by atoms with Gasteiger partial charge < -0.3 is 4.74 Å². The van der Waals surface area contributed by atoms with Crippen LogP contribution in [0.15, 0.2) is 54.6 Å². The smallest absolute Gasteiger partial charge is 0.166 e. The predicted octanol–water partition coefficient (Wildman–Crippen LogP) is 7.25. The Bertz CT molecular complexity index is 965. The first-order valence-electron chi connectivity index (χ1n) is 10.0. The van der Waals surface area contributed by atoms with E-state index in [1.165, 1.54) is 6.07 Å². The molecule has 3 rings (SSSR count). The van der Waals surface area contributed by atoms with Crippen LogP contribution in [0.3, 0.4) is 0 Å². The molecule has 0 aliphatic carbocycles. The summed E-state index contributed by atoms with van der Waals surface area (Å²) in [7, 11) is 0. The minimum absolute atomic E-state index is 0.228. The molecule has 0 aromatic heterocycles. The van der Waals surface area contributed by atoms with Crippen LogP contribution in [0.4, 0.5) is 13.2 Å². The van der Waals surface area contributed by atoms with Gasteiger partial charge in [0.05, 0.1) is 0 Å². The number of hydrogen-bond acceptors (Lipinski definition) is 1. The van der Waals surface area contributed by atoms with E-state index in [0.717, 1.165) is 18.4 Å². The number of hydrogen-bond donors (Lipinski definition) is 0. The van der Waals surface area contributed by atoms with Gasteiger partial charge in [0.25, 0.3) is 0 Å². The molecule has 4 heteroatoms. The van der Waals surface area contributed by atoms with Crippen LogP contribution in [0.5, 0.6) is 5.75 Å². The summed E-state index contributed by atoms with van der Waals surface area (Å²) in [4.78, 5) is 0. The fraction of sp³-hybridized carbons (Fsp3) is 0.280. The van der Waals surface area contributed by atoms with Crippen LogP contribution in [-0.4, -0.2) is 0 Å². The van der Waals surface area contributed by atoms with Crippen LogP contribution in [0.1, 0.15) is 43.4 Å². The van der Waals surface area contributed by atoms with E-state index in [-0.39, 0.29) is 18.0 Å². The Balaban J connectivity index is 1.70. The van der Waals surface area contributed by atoms with Crippen molar-refractivity contribution >= 4 is 0 Å². The summed E-state index contributed by atoms with van der Waals surface area (Å²) < 4.78 is 48.4. The summed E-state index contributed by atoms with van der Waals surface area (Å²) >= 11 is 0. The predicted molar refractivity (Wildman–Crippen MR) is 111 cm³/mol. The molecule has 29 heavy (non-hydrogen) atoms. The quantitative estimate of drug-likeness (QED) is 0.388. The molecule has 0 aliphatic rings. The molecule has 0 unspecified atom stereocenters. The lowest BCUT2D eigenvalue weighted by molar-refractivity contribution is 0.305. The molecule has 152 valence electrons. The van der Waals surface area contributed by atoms with E-state index in [4.69, 9.17) is 4.74 Å². The van der Waals surface area contributed by atoms with Gasteiger partial charge in [-0.3, -0.25) is 0 Å². The Labute approximate surface area is 170 Å². The molecular formula is C25H25F3O. The van der Waals surface area contributed by atoms with Crippen LogP contribution < -0.4 is 4.74 Å². The fourth-order valence-electron chi connectivity index (χ4n) is 3.24. The molecule has 0 N–H and O–H groups in total. The molecule has 0 radical (unpaired) electrons. The number of ether oxygens (including phenoxy) is 1. The van der Waals surface area contributed by atoms with Crippen molar-refractivity contribution in [1.29, 1.82) is 0 Å². The normalized spacial score (nSPS) is 10.9. The third-order valence-electron chi connectivity index (χ3n) is 5.03. The van der Waals surface area contributed by atoms with Gasteiger partial charge in [0.1, 0.15) is 18.2 Å². The summed E-state index contributed by atoms with van der Waals surface area (Å²) in [6.45, 7) is 4.15. The largest absolute Gasteiger partial charge is 0.489 e. The van der Waals surface area contributed by atoms with E-state index in [2.05, 4.69) is 0 Å². The average molecular weight is 398 g/mol. The van der Waals surface area contributed by atoms with Gasteiger partial charge >= 0.3 is 0 Å². The van der Waals surface area contributed by atoms with E-state index < -0.39 is 11.6 Å². The number of aryl methyl sites for hydroxylation is 2. The zero-order valence-electron chi connectivity index (χ0n) is 16.8. The summed E-state index contributed by atoms with van der Waals surface area (Å²) in [5.41, 5.74) is 2.63. The highest BCUT2D eigenvalue weighted by molar-refractivity contribution is 5.65. The first-order valence-corrected chi connectivity index (χ1v) is 10.0. The second-order valence-electron chi connectivity index (χ2n) is 7.10. The SMILES string of the molecule is CCCCc1ccc(-c2ccc(OCc3ccc(CC)c(F)c3)cc2)c(F)c1F. The molecule has 3 aromatic rings. The van der Waals surface area contributed by atoms with E-state index in [9.17, 15) is 13.2 Å². The number of unbranched alkanes of at least 4 members (excludes halogenated alkanes) is 1. The van der Waals surface area contributed by atoms with Crippen molar-refractivity contribution in [3.63, 3.8) is 0 Å². The van der Waals surface area contributed by atoms with Crippen molar-refractivity contribution in [2.45, 2.75) is 46.1 Å². The Morgan fingerprint density at radius 2 is 1.52 bits per heavy atom. The van der Waals surface area contributed by atoms with Crippen LogP contribution >= 0.6 is 0 Å². The molecular weight excluding hydrogens is 373 g/mol. The molecule has 0 spiro atoms. The van der Waals surface area contributed by atoms with Crippen molar-refractivity contribution in [3.05, 3.63) is 88.7 Å². The van der Waals surface area contributed by atoms with Gasteiger partial charge in [-0.05, 0) is 59.7 Å². The topological polar surface area (TPSA) is 9.23 Å². The molecule has 0 heterocycles. The van der Waals surface area contributed by atoms with E-state index in [1.54, 1.807) is 42.5 Å². The first-order chi connectivity index (χ1) is 14.0. The second kappa shape index (κ2) is 9.64. The lowest BCUT2D eigenvalue weighted by atomic mass is 10.00. The Morgan fingerprint density at radius 1 is 0.793 bits per heavy atom. The molecule has 3 aromatic carbocycles. The van der Waals surface area contributed by atoms with Gasteiger partial charge in [-0.15, -0.1) is 0 Å². The maximum Gasteiger partial charge on any atom is 0.166 e. The van der Waals surface area contributed by atoms with Crippen LogP contribution in [0, 0.1) is 17.5 Å². The van der Waals surface area contributed by atoms with Crippen LogP contribution in [-0.2, 0) is 19.4 Å². The maximum absolute atomic E-state index is 14.5. The highest BCUT2D eigenvalue weighted by atomic mass is 19.2. The standard InChI is InChI=1S/C25H25F3O/c1-3-5-6-20-11-14-22(25(28)24(20)27)19-9-12-21(13-10-19)29-16-17-7-8-18(4-2)23(26)15-17/h7-15H,3-6,16H2,1-2H3. The highest BCUT2D eigenvalue weighted by Gasteiger charge is 2.14. The first kappa shape index (κ1) is 21.0. The fourth-order valence-corrected chi connectivity index (χ4v) is 3.24. The van der Waals surface area contributed by atoms with Gasteiger partial charge in [0, 0.05) is 5.56 Å². The van der Waals surface area contributed by atoms with Crippen molar-refractivity contribution in [2.75, 3.05) is 0 Å². The minimum atomic E-state index is -0.821. The average Bonchev–Trinajstić information content (AvgIpc) is 2.74. The minimum Gasteiger partial charge on any atom is -0.489 e. The van der Waals surface area contributed by atoms with Gasteiger partial charge in [0.15, 0.2) is 11.6 Å². The third kappa shape index (κ3) is 5.00. The van der Waals surface area contributed by atoms with Gasteiger partial charge in [-0.2, -0.15) is 0 Å². The summed E-state index contributed by atoms with van der Waals surface area (Å²) in [5, 5.41) is 0. The molecule has 0 bridgehead atoms. The Hall–Kier alpha value is -2.75. The monoisotopic (exact) mass is 398 g/mol. The maximum atomic E-state index is 14.5. The molecule has 0 atom stereocenters. The summed E-state index contributed by atoms with van der Waals surface area (Å²) in [6, 6.07) is 15.2. The highest BCUT2D eigenvalue weighted by Crippen LogP contribution is 2.29. The molecule has 0 saturated carbocycles. The lowest BCUT2D eigenvalue weighted by Crippen LogP contribution is -1.99. The Morgan fingerprint density at radius 3 is 2.17 bits per heavy atom. The van der Waals surface area contributed by atoms with Crippen LogP contribution in [0.2, 0.25) is 0 Å². The second-order valence-corrected chi connectivity index (χ2v) is 7.10. The zero-order valence-corrected chi connectivity index (χ0v) is 16.8. The van der Waals surface area contributed by atoms with E-state index in [0.29, 0.717) is 35.3 Å². The molecule has 1 nitrogen and oxygen atoms in total. The van der Waals surface area contributed by atoms with Crippen molar-refractivity contribution in [1.82, 2.24) is 0 Å². The van der Waals surface area contributed by atoms with Gasteiger partial charge in [-0.25, -0.2) is 13.2 Å². The molecule has 0 fully saturated rings.